The molecule has 0 aromatic heterocycles. The lowest BCUT2D eigenvalue weighted by molar-refractivity contribution is 0.102. The van der Waals surface area contributed by atoms with E-state index in [9.17, 15) is 4.79 Å². The summed E-state index contributed by atoms with van der Waals surface area (Å²) >= 11 is 0. The van der Waals surface area contributed by atoms with E-state index in [0.717, 1.165) is 5.69 Å². The maximum Gasteiger partial charge on any atom is 0.255 e. The van der Waals surface area contributed by atoms with Crippen LogP contribution in [0, 0.1) is 0 Å². The Labute approximate surface area is 113 Å². The summed E-state index contributed by atoms with van der Waals surface area (Å²) in [5, 5.41) is 2.84. The minimum atomic E-state index is -0.111. The van der Waals surface area contributed by atoms with Crippen molar-refractivity contribution in [3.8, 4) is 0 Å². The number of hydrogen-bond donors (Lipinski definition) is 2. The highest BCUT2D eigenvalue weighted by Gasteiger charge is 2.06. The van der Waals surface area contributed by atoms with Gasteiger partial charge in [0.15, 0.2) is 0 Å². The molecule has 0 heterocycles. The Morgan fingerprint density at radius 3 is 2.11 bits per heavy atom. The Bertz CT molecular complexity index is 556. The molecule has 0 radical (unpaired) electrons. The van der Waals surface area contributed by atoms with Gasteiger partial charge in [-0.25, -0.2) is 0 Å². The van der Waals surface area contributed by atoms with Gasteiger partial charge in [-0.15, -0.1) is 0 Å². The zero-order chi connectivity index (χ0) is 13.8. The molecule has 0 spiro atoms. The summed E-state index contributed by atoms with van der Waals surface area (Å²) in [7, 11) is 0. The predicted octanol–water partition coefficient (Wildman–Crippen LogP) is 3.64. The van der Waals surface area contributed by atoms with Crippen molar-refractivity contribution >= 4 is 17.3 Å². The second-order valence-electron chi connectivity index (χ2n) is 4.85. The largest absolute Gasteiger partial charge is 0.399 e. The van der Waals surface area contributed by atoms with Gasteiger partial charge < -0.3 is 11.1 Å². The van der Waals surface area contributed by atoms with Crippen molar-refractivity contribution in [1.29, 1.82) is 0 Å². The fourth-order valence-corrected chi connectivity index (χ4v) is 1.79. The first-order chi connectivity index (χ1) is 9.06. The van der Waals surface area contributed by atoms with Gasteiger partial charge >= 0.3 is 0 Å². The quantitative estimate of drug-likeness (QED) is 0.821. The fourth-order valence-electron chi connectivity index (χ4n) is 1.79. The molecule has 98 valence electrons. The molecule has 1 amide bonds. The molecule has 3 N–H and O–H groups in total. The minimum absolute atomic E-state index is 0.111. The van der Waals surface area contributed by atoms with Crippen LogP contribution in [-0.4, -0.2) is 5.91 Å². The lowest BCUT2D eigenvalue weighted by Gasteiger charge is -2.08. The second kappa shape index (κ2) is 5.57. The molecule has 3 nitrogen and oxygen atoms in total. The van der Waals surface area contributed by atoms with Gasteiger partial charge in [-0.2, -0.15) is 0 Å². The smallest absolute Gasteiger partial charge is 0.255 e. The predicted molar refractivity (Wildman–Crippen MR) is 79.3 cm³/mol. The molecule has 0 bridgehead atoms. The maximum absolute atomic E-state index is 12.0. The Kier molecular flexibility index (Phi) is 3.85. The molecule has 0 fully saturated rings. The van der Waals surface area contributed by atoms with Crippen molar-refractivity contribution in [3.05, 3.63) is 59.7 Å². The van der Waals surface area contributed by atoms with Crippen LogP contribution in [0.25, 0.3) is 0 Å². The first-order valence-electron chi connectivity index (χ1n) is 6.33. The molecule has 0 aliphatic rings. The average molecular weight is 254 g/mol. The zero-order valence-corrected chi connectivity index (χ0v) is 11.2. The lowest BCUT2D eigenvalue weighted by Crippen LogP contribution is -2.11. The van der Waals surface area contributed by atoms with Crippen LogP contribution in [0.4, 0.5) is 11.4 Å². The number of carbonyl (C=O) groups is 1. The third kappa shape index (κ3) is 3.35. The molecule has 2 rings (SSSR count). The average Bonchev–Trinajstić information content (AvgIpc) is 2.41. The van der Waals surface area contributed by atoms with Crippen molar-refractivity contribution in [2.24, 2.45) is 0 Å². The molecule has 0 aliphatic carbocycles. The Balaban J connectivity index is 2.09. The van der Waals surface area contributed by atoms with E-state index >= 15 is 0 Å². The van der Waals surface area contributed by atoms with Gasteiger partial charge in [0.2, 0.25) is 0 Å². The summed E-state index contributed by atoms with van der Waals surface area (Å²) in [5.74, 6) is 0.356. The van der Waals surface area contributed by atoms with Gasteiger partial charge in [0, 0.05) is 16.9 Å². The van der Waals surface area contributed by atoms with Gasteiger partial charge in [-0.05, 0) is 47.9 Å². The highest BCUT2D eigenvalue weighted by Crippen LogP contribution is 2.16. The van der Waals surface area contributed by atoms with Gasteiger partial charge in [-0.1, -0.05) is 26.0 Å². The molecule has 0 saturated carbocycles. The highest BCUT2D eigenvalue weighted by molar-refractivity contribution is 6.04. The van der Waals surface area contributed by atoms with Crippen LogP contribution < -0.4 is 11.1 Å². The van der Waals surface area contributed by atoms with Gasteiger partial charge in [0.05, 0.1) is 0 Å². The number of hydrogen-bond acceptors (Lipinski definition) is 2. The third-order valence-electron chi connectivity index (χ3n) is 3.01. The van der Waals surface area contributed by atoms with E-state index in [4.69, 9.17) is 5.73 Å². The molecule has 0 saturated heterocycles. The summed E-state index contributed by atoms with van der Waals surface area (Å²) in [6.07, 6.45) is 0. The number of anilines is 2. The van der Waals surface area contributed by atoms with Crippen molar-refractivity contribution in [3.63, 3.8) is 0 Å². The molecule has 19 heavy (non-hydrogen) atoms. The third-order valence-corrected chi connectivity index (χ3v) is 3.01. The normalized spacial score (nSPS) is 10.5. The highest BCUT2D eigenvalue weighted by atomic mass is 16.1. The maximum atomic E-state index is 12.0. The SMILES string of the molecule is CC(C)c1ccc(C(=O)Nc2ccc(N)cc2)cc1. The fraction of sp³-hybridized carbons (Fsp3) is 0.188. The van der Waals surface area contributed by atoms with E-state index in [0.29, 0.717) is 17.2 Å². The number of nitrogens with one attached hydrogen (secondary N) is 1. The summed E-state index contributed by atoms with van der Waals surface area (Å²) in [6.45, 7) is 4.26. The van der Waals surface area contributed by atoms with Crippen LogP contribution in [0.15, 0.2) is 48.5 Å². The van der Waals surface area contributed by atoms with Crippen LogP contribution in [0.2, 0.25) is 0 Å². The Morgan fingerprint density at radius 2 is 1.58 bits per heavy atom. The van der Waals surface area contributed by atoms with Crippen LogP contribution in [0.5, 0.6) is 0 Å². The van der Waals surface area contributed by atoms with E-state index < -0.39 is 0 Å². The molecule has 3 heteroatoms. The Hall–Kier alpha value is -2.29. The van der Waals surface area contributed by atoms with Crippen LogP contribution in [-0.2, 0) is 0 Å². The van der Waals surface area contributed by atoms with Gasteiger partial charge in [0.1, 0.15) is 0 Å². The molecule has 0 unspecified atom stereocenters. The van der Waals surface area contributed by atoms with E-state index in [1.807, 2.05) is 24.3 Å². The number of rotatable bonds is 3. The molecule has 2 aromatic rings. The van der Waals surface area contributed by atoms with E-state index in [1.54, 1.807) is 24.3 Å². The van der Waals surface area contributed by atoms with Crippen LogP contribution in [0.3, 0.4) is 0 Å². The first kappa shape index (κ1) is 13.1. The monoisotopic (exact) mass is 254 g/mol. The number of amides is 1. The zero-order valence-electron chi connectivity index (χ0n) is 11.2. The van der Waals surface area contributed by atoms with Gasteiger partial charge in [-0.3, -0.25) is 4.79 Å². The van der Waals surface area contributed by atoms with E-state index in [2.05, 4.69) is 19.2 Å². The molecule has 2 aromatic carbocycles. The first-order valence-corrected chi connectivity index (χ1v) is 6.33. The second-order valence-corrected chi connectivity index (χ2v) is 4.85. The standard InChI is InChI=1S/C16H18N2O/c1-11(2)12-3-5-13(6-4-12)16(19)18-15-9-7-14(17)8-10-15/h3-11H,17H2,1-2H3,(H,18,19). The summed E-state index contributed by atoms with van der Waals surface area (Å²) in [4.78, 5) is 12.0. The molecular formula is C16H18N2O. The molecular weight excluding hydrogens is 236 g/mol. The number of nitrogen functional groups attached to an aromatic ring is 1. The topological polar surface area (TPSA) is 55.1 Å². The van der Waals surface area contributed by atoms with E-state index in [1.165, 1.54) is 5.56 Å². The van der Waals surface area contributed by atoms with Crippen LogP contribution >= 0.6 is 0 Å². The van der Waals surface area contributed by atoms with Crippen molar-refractivity contribution in [1.82, 2.24) is 0 Å². The number of carbonyl (C=O) groups excluding carboxylic acids is 1. The van der Waals surface area contributed by atoms with Crippen molar-refractivity contribution in [2.45, 2.75) is 19.8 Å². The number of nitrogens with two attached hydrogens (primary N) is 1. The van der Waals surface area contributed by atoms with Gasteiger partial charge in [0.25, 0.3) is 5.91 Å². The van der Waals surface area contributed by atoms with E-state index in [-0.39, 0.29) is 5.91 Å². The molecule has 0 atom stereocenters. The number of benzene rings is 2. The summed E-state index contributed by atoms with van der Waals surface area (Å²) in [5.41, 5.74) is 8.90. The minimum Gasteiger partial charge on any atom is -0.399 e. The van der Waals surface area contributed by atoms with Crippen molar-refractivity contribution in [2.75, 3.05) is 11.1 Å². The summed E-state index contributed by atoms with van der Waals surface area (Å²) in [6, 6.07) is 14.8. The lowest BCUT2D eigenvalue weighted by atomic mass is 10.0. The van der Waals surface area contributed by atoms with Crippen molar-refractivity contribution < 1.29 is 4.79 Å². The molecule has 0 aliphatic heterocycles. The van der Waals surface area contributed by atoms with Crippen LogP contribution in [0.1, 0.15) is 35.7 Å². The summed E-state index contributed by atoms with van der Waals surface area (Å²) < 4.78 is 0. The Morgan fingerprint density at radius 1 is 1.00 bits per heavy atom.